The Morgan fingerprint density at radius 1 is 1.75 bits per heavy atom. The van der Waals surface area contributed by atoms with Crippen molar-refractivity contribution in [3.63, 3.8) is 0 Å². The quantitative estimate of drug-likeness (QED) is 0.418. The van der Waals surface area contributed by atoms with Crippen LogP contribution in [0.5, 0.6) is 0 Å². The van der Waals surface area contributed by atoms with E-state index < -0.39 is 0 Å². The minimum Gasteiger partial charge on any atom is -0.247 e. The molecule has 0 amide bonds. The summed E-state index contributed by atoms with van der Waals surface area (Å²) in [5, 5.41) is 0. The van der Waals surface area contributed by atoms with Crippen LogP contribution in [0, 0.1) is 0 Å². The lowest BCUT2D eigenvalue weighted by molar-refractivity contribution is 0.479. The van der Waals surface area contributed by atoms with Crippen LogP contribution in [0.1, 0.15) is 0 Å². The summed E-state index contributed by atoms with van der Waals surface area (Å²) in [6.07, 6.45) is 0. The average molecular weight is 79.1 g/mol. The van der Waals surface area contributed by atoms with Gasteiger partial charge >= 0.3 is 0 Å². The Kier molecular flexibility index (Phi) is 3.72. The first-order valence-corrected chi connectivity index (χ1v) is 2.85. The SMILES string of the molecule is CO[PH2+]C. The van der Waals surface area contributed by atoms with E-state index in [1.807, 2.05) is 6.66 Å². The maximum absolute atomic E-state index is 4.62. The summed E-state index contributed by atoms with van der Waals surface area (Å²) in [6, 6.07) is 0. The predicted molar refractivity (Wildman–Crippen MR) is 22.6 cm³/mol. The van der Waals surface area contributed by atoms with Crippen LogP contribution >= 0.6 is 8.81 Å². The Labute approximate surface area is 28.2 Å². The van der Waals surface area contributed by atoms with Crippen molar-refractivity contribution in [1.29, 1.82) is 0 Å². The average Bonchev–Trinajstić information content (AvgIpc) is 1.37. The van der Waals surface area contributed by atoms with Gasteiger partial charge in [0.05, 0.1) is 13.8 Å². The topological polar surface area (TPSA) is 9.23 Å². The van der Waals surface area contributed by atoms with Gasteiger partial charge in [0.25, 0.3) is 0 Å². The molecule has 26 valence electrons. The van der Waals surface area contributed by atoms with Gasteiger partial charge in [-0.15, -0.1) is 0 Å². The third kappa shape index (κ3) is 2.39. The molecule has 0 aliphatic rings. The van der Waals surface area contributed by atoms with Gasteiger partial charge in [0, 0.05) is 0 Å². The highest BCUT2D eigenvalue weighted by Gasteiger charge is 1.61. The fraction of sp³-hybridized carbons (Fsp3) is 1.00. The maximum atomic E-state index is 4.62. The zero-order chi connectivity index (χ0) is 3.41. The third-order valence-corrected chi connectivity index (χ3v) is 0.707. The molecule has 0 rings (SSSR count). The third-order valence-electron chi connectivity index (χ3n) is 0.236. The Balaban J connectivity index is 1.97. The van der Waals surface area contributed by atoms with Crippen molar-refractivity contribution in [2.45, 2.75) is 0 Å². The van der Waals surface area contributed by atoms with Gasteiger partial charge in [0.15, 0.2) is 0 Å². The van der Waals surface area contributed by atoms with E-state index in [0.717, 1.165) is 0 Å². The molecule has 0 saturated carbocycles. The molecule has 4 heavy (non-hydrogen) atoms. The van der Waals surface area contributed by atoms with Gasteiger partial charge in [-0.05, 0) is 0 Å². The van der Waals surface area contributed by atoms with E-state index in [1.165, 1.54) is 0 Å². The summed E-state index contributed by atoms with van der Waals surface area (Å²) in [4.78, 5) is 0. The van der Waals surface area contributed by atoms with Crippen molar-refractivity contribution in [2.24, 2.45) is 0 Å². The molecule has 1 nitrogen and oxygen atoms in total. The minimum atomic E-state index is 0.282. The highest BCUT2D eigenvalue weighted by Crippen LogP contribution is 1.96. The molecular formula is C2H8OP+. The van der Waals surface area contributed by atoms with E-state index in [0.29, 0.717) is 0 Å². The lowest BCUT2D eigenvalue weighted by Crippen LogP contribution is -1.49. The molecule has 0 fully saturated rings. The summed E-state index contributed by atoms with van der Waals surface area (Å²) < 4.78 is 4.62. The molecule has 2 heteroatoms. The molecule has 0 heterocycles. The molecule has 0 aliphatic heterocycles. The molecule has 1 unspecified atom stereocenters. The van der Waals surface area contributed by atoms with Crippen LogP contribution < -0.4 is 0 Å². The molecule has 0 aliphatic carbocycles. The van der Waals surface area contributed by atoms with E-state index in [4.69, 9.17) is 0 Å². The van der Waals surface area contributed by atoms with Gasteiger partial charge < -0.3 is 0 Å². The molecule has 0 N–H and O–H groups in total. The number of rotatable bonds is 1. The van der Waals surface area contributed by atoms with E-state index >= 15 is 0 Å². The Bertz CT molecular complexity index is 8.00. The van der Waals surface area contributed by atoms with Gasteiger partial charge in [-0.3, -0.25) is 0 Å². The van der Waals surface area contributed by atoms with Gasteiger partial charge in [0.1, 0.15) is 8.81 Å². The smallest absolute Gasteiger partial charge is 0.116 e. The van der Waals surface area contributed by atoms with E-state index in [2.05, 4.69) is 4.52 Å². The monoisotopic (exact) mass is 79.0 g/mol. The van der Waals surface area contributed by atoms with Crippen LogP contribution in [-0.2, 0) is 4.52 Å². The Hall–Kier alpha value is 0.390. The van der Waals surface area contributed by atoms with Gasteiger partial charge in [-0.2, -0.15) is 0 Å². The maximum Gasteiger partial charge on any atom is 0.116 e. The van der Waals surface area contributed by atoms with Crippen molar-refractivity contribution in [1.82, 2.24) is 0 Å². The molecule has 0 bridgehead atoms. The first-order valence-electron chi connectivity index (χ1n) is 1.22. The molecule has 0 aromatic rings. The summed E-state index contributed by atoms with van der Waals surface area (Å²) in [5.74, 6) is 0. The van der Waals surface area contributed by atoms with E-state index in [9.17, 15) is 0 Å². The second-order valence-corrected chi connectivity index (χ2v) is 1.41. The van der Waals surface area contributed by atoms with Gasteiger partial charge in [-0.25, -0.2) is 4.52 Å². The summed E-state index contributed by atoms with van der Waals surface area (Å²) in [7, 11) is 2.00. The normalized spacial score (nSPS) is 10.5. The van der Waals surface area contributed by atoms with Gasteiger partial charge in [-0.1, -0.05) is 0 Å². The second kappa shape index (κ2) is 3.39. The summed E-state index contributed by atoms with van der Waals surface area (Å²) in [5.41, 5.74) is 0. The first kappa shape index (κ1) is 4.39. The number of hydrogen-bond acceptors (Lipinski definition) is 1. The molecule has 0 spiro atoms. The molecule has 0 aromatic carbocycles. The molecule has 1 atom stereocenters. The van der Waals surface area contributed by atoms with Crippen molar-refractivity contribution >= 4 is 8.81 Å². The van der Waals surface area contributed by atoms with Crippen molar-refractivity contribution in [2.75, 3.05) is 13.8 Å². The molecule has 0 aromatic heterocycles. The second-order valence-electron chi connectivity index (χ2n) is 0.471. The molecular weight excluding hydrogens is 71.0 g/mol. The van der Waals surface area contributed by atoms with Crippen LogP contribution in [0.4, 0.5) is 0 Å². The molecule has 0 saturated heterocycles. The fourth-order valence-corrected chi connectivity index (χ4v) is 0. The van der Waals surface area contributed by atoms with Crippen LogP contribution in [0.3, 0.4) is 0 Å². The zero-order valence-corrected chi connectivity index (χ0v) is 4.14. The van der Waals surface area contributed by atoms with Crippen LogP contribution in [0.2, 0.25) is 0 Å². The van der Waals surface area contributed by atoms with Gasteiger partial charge in [0.2, 0.25) is 0 Å². The summed E-state index contributed by atoms with van der Waals surface area (Å²) >= 11 is 0. The molecule has 0 radical (unpaired) electrons. The van der Waals surface area contributed by atoms with E-state index in [-0.39, 0.29) is 8.81 Å². The zero-order valence-electron chi connectivity index (χ0n) is 2.99. The van der Waals surface area contributed by atoms with Crippen LogP contribution in [0.15, 0.2) is 0 Å². The fourth-order valence-electron chi connectivity index (χ4n) is 0. The van der Waals surface area contributed by atoms with Crippen LogP contribution in [0.25, 0.3) is 0 Å². The minimum absolute atomic E-state index is 0.282. The summed E-state index contributed by atoms with van der Waals surface area (Å²) in [6.45, 7) is 2.04. The Morgan fingerprint density at radius 2 is 2.00 bits per heavy atom. The lowest BCUT2D eigenvalue weighted by Gasteiger charge is -1.66. The van der Waals surface area contributed by atoms with E-state index in [1.54, 1.807) is 7.11 Å². The highest BCUT2D eigenvalue weighted by atomic mass is 31.1. The first-order chi connectivity index (χ1) is 1.91. The largest absolute Gasteiger partial charge is 0.247 e. The lowest BCUT2D eigenvalue weighted by atomic mass is 11.8. The predicted octanol–water partition coefficient (Wildman–Crippen LogP) is 0.588. The van der Waals surface area contributed by atoms with Crippen LogP contribution in [-0.4, -0.2) is 13.8 Å². The van der Waals surface area contributed by atoms with Crippen molar-refractivity contribution in [3.05, 3.63) is 0 Å². The standard InChI is InChI=1S/C2H7OP/c1-3-4-2/h4H,1-2H3/p+1. The number of hydrogen-bond donors (Lipinski definition) is 0. The Morgan fingerprint density at radius 3 is 2.00 bits per heavy atom. The van der Waals surface area contributed by atoms with Crippen molar-refractivity contribution < 1.29 is 4.52 Å². The highest BCUT2D eigenvalue weighted by molar-refractivity contribution is 7.31. The van der Waals surface area contributed by atoms with Crippen molar-refractivity contribution in [3.8, 4) is 0 Å².